The van der Waals surface area contributed by atoms with E-state index in [0.29, 0.717) is 18.7 Å². The molecule has 5 heteroatoms. The Bertz CT molecular complexity index is 694. The van der Waals surface area contributed by atoms with Gasteiger partial charge in [0.25, 0.3) is 0 Å². The van der Waals surface area contributed by atoms with Crippen LogP contribution in [-0.2, 0) is 19.4 Å². The Hall–Kier alpha value is -1.91. The average molecular weight is 287 g/mol. The van der Waals surface area contributed by atoms with Crippen LogP contribution in [0.2, 0.25) is 0 Å². The zero-order chi connectivity index (χ0) is 15.2. The molecule has 0 aromatic carbocycles. The SMILES string of the molecule is Cc1nc(CCn2c(C)cc3c2CC(C)(C)CC3=O)no1. The predicted octanol–water partition coefficient (Wildman–Crippen LogP) is 2.89. The summed E-state index contributed by atoms with van der Waals surface area (Å²) in [6, 6.07) is 2.02. The molecule has 112 valence electrons. The highest BCUT2D eigenvalue weighted by Gasteiger charge is 2.33. The molecule has 2 aromatic heterocycles. The van der Waals surface area contributed by atoms with Crippen molar-refractivity contribution in [3.8, 4) is 0 Å². The fourth-order valence-electron chi connectivity index (χ4n) is 3.17. The Morgan fingerprint density at radius 2 is 2.10 bits per heavy atom. The van der Waals surface area contributed by atoms with Crippen LogP contribution < -0.4 is 0 Å². The van der Waals surface area contributed by atoms with Gasteiger partial charge in [0.1, 0.15) is 0 Å². The number of aryl methyl sites for hydroxylation is 3. The average Bonchev–Trinajstić information content (AvgIpc) is 2.90. The van der Waals surface area contributed by atoms with Crippen LogP contribution in [0.4, 0.5) is 0 Å². The van der Waals surface area contributed by atoms with E-state index in [9.17, 15) is 4.79 Å². The molecule has 0 amide bonds. The lowest BCUT2D eigenvalue weighted by Gasteiger charge is -2.29. The van der Waals surface area contributed by atoms with Gasteiger partial charge in [0.2, 0.25) is 5.89 Å². The summed E-state index contributed by atoms with van der Waals surface area (Å²) in [7, 11) is 0. The molecule has 0 bridgehead atoms. The second-order valence-corrected chi connectivity index (χ2v) is 6.72. The minimum absolute atomic E-state index is 0.0371. The molecule has 0 saturated carbocycles. The maximum Gasteiger partial charge on any atom is 0.223 e. The van der Waals surface area contributed by atoms with E-state index in [1.807, 2.05) is 6.07 Å². The maximum atomic E-state index is 12.3. The number of carbonyl (C=O) groups is 1. The molecular weight excluding hydrogens is 266 g/mol. The van der Waals surface area contributed by atoms with Crippen molar-refractivity contribution in [1.29, 1.82) is 0 Å². The number of nitrogens with zero attached hydrogens (tertiary/aromatic N) is 3. The molecule has 0 spiro atoms. The molecule has 2 heterocycles. The third-order valence-corrected chi connectivity index (χ3v) is 4.13. The molecule has 3 rings (SSSR count). The van der Waals surface area contributed by atoms with E-state index < -0.39 is 0 Å². The largest absolute Gasteiger partial charge is 0.348 e. The highest BCUT2D eigenvalue weighted by molar-refractivity contribution is 5.99. The molecule has 0 radical (unpaired) electrons. The van der Waals surface area contributed by atoms with Crippen LogP contribution >= 0.6 is 0 Å². The quantitative estimate of drug-likeness (QED) is 0.871. The van der Waals surface area contributed by atoms with Crippen LogP contribution in [0.3, 0.4) is 0 Å². The van der Waals surface area contributed by atoms with Crippen LogP contribution in [0, 0.1) is 19.3 Å². The van der Waals surface area contributed by atoms with Gasteiger partial charge >= 0.3 is 0 Å². The van der Waals surface area contributed by atoms with Crippen molar-refractivity contribution in [3.05, 3.63) is 34.7 Å². The number of rotatable bonds is 3. The van der Waals surface area contributed by atoms with Crippen LogP contribution in [0.15, 0.2) is 10.6 Å². The Labute approximate surface area is 124 Å². The van der Waals surface area contributed by atoms with Crippen molar-refractivity contribution in [1.82, 2.24) is 14.7 Å². The summed E-state index contributed by atoms with van der Waals surface area (Å²) in [5.74, 6) is 1.57. The van der Waals surface area contributed by atoms with Crippen molar-refractivity contribution < 1.29 is 9.32 Å². The smallest absolute Gasteiger partial charge is 0.223 e. The van der Waals surface area contributed by atoms with Crippen LogP contribution in [0.5, 0.6) is 0 Å². The summed E-state index contributed by atoms with van der Waals surface area (Å²) < 4.78 is 7.24. The zero-order valence-electron chi connectivity index (χ0n) is 13.1. The fourth-order valence-corrected chi connectivity index (χ4v) is 3.17. The molecule has 0 aliphatic heterocycles. The summed E-state index contributed by atoms with van der Waals surface area (Å²) in [4.78, 5) is 16.5. The molecule has 0 saturated heterocycles. The molecule has 1 aliphatic rings. The van der Waals surface area contributed by atoms with E-state index in [4.69, 9.17) is 4.52 Å². The highest BCUT2D eigenvalue weighted by atomic mass is 16.5. The fraction of sp³-hybridized carbons (Fsp3) is 0.562. The van der Waals surface area contributed by atoms with E-state index >= 15 is 0 Å². The van der Waals surface area contributed by atoms with E-state index in [1.54, 1.807) is 6.92 Å². The van der Waals surface area contributed by atoms with Gasteiger partial charge in [0.15, 0.2) is 11.6 Å². The summed E-state index contributed by atoms with van der Waals surface area (Å²) >= 11 is 0. The molecule has 0 unspecified atom stereocenters. The van der Waals surface area contributed by atoms with E-state index in [0.717, 1.165) is 35.7 Å². The number of aromatic nitrogens is 3. The monoisotopic (exact) mass is 287 g/mol. The van der Waals surface area contributed by atoms with Crippen LogP contribution in [-0.4, -0.2) is 20.5 Å². The van der Waals surface area contributed by atoms with Crippen molar-refractivity contribution in [3.63, 3.8) is 0 Å². The minimum atomic E-state index is 0.0371. The van der Waals surface area contributed by atoms with Crippen molar-refractivity contribution >= 4 is 5.78 Å². The van der Waals surface area contributed by atoms with E-state index in [2.05, 4.69) is 35.5 Å². The third-order valence-electron chi connectivity index (χ3n) is 4.13. The molecule has 0 fully saturated rings. The van der Waals surface area contributed by atoms with Gasteiger partial charge in [-0.2, -0.15) is 4.98 Å². The molecule has 21 heavy (non-hydrogen) atoms. The lowest BCUT2D eigenvalue weighted by atomic mass is 9.76. The molecule has 1 aliphatic carbocycles. The van der Waals surface area contributed by atoms with Gasteiger partial charge in [-0.25, -0.2) is 0 Å². The Morgan fingerprint density at radius 3 is 2.76 bits per heavy atom. The Kier molecular flexibility index (Phi) is 3.23. The second-order valence-electron chi connectivity index (χ2n) is 6.72. The van der Waals surface area contributed by atoms with Gasteiger partial charge in [-0.05, 0) is 24.8 Å². The van der Waals surface area contributed by atoms with E-state index in [1.165, 1.54) is 0 Å². The standard InChI is InChI=1S/C16H21N3O2/c1-10-7-12-13(8-16(3,4)9-14(12)20)19(10)6-5-15-17-11(2)21-18-15/h7H,5-6,8-9H2,1-4H3. The Morgan fingerprint density at radius 1 is 1.33 bits per heavy atom. The van der Waals surface area contributed by atoms with Gasteiger partial charge in [-0.3, -0.25) is 4.79 Å². The lowest BCUT2D eigenvalue weighted by molar-refractivity contribution is 0.0910. The second kappa shape index (κ2) is 4.83. The van der Waals surface area contributed by atoms with Gasteiger partial charge in [-0.1, -0.05) is 19.0 Å². The lowest BCUT2D eigenvalue weighted by Crippen LogP contribution is -2.28. The highest BCUT2D eigenvalue weighted by Crippen LogP contribution is 2.36. The van der Waals surface area contributed by atoms with Crippen molar-refractivity contribution in [2.45, 2.75) is 53.5 Å². The molecule has 2 aromatic rings. The van der Waals surface area contributed by atoms with Gasteiger partial charge in [-0.15, -0.1) is 0 Å². The van der Waals surface area contributed by atoms with Crippen LogP contribution in [0.25, 0.3) is 0 Å². The van der Waals surface area contributed by atoms with Gasteiger partial charge < -0.3 is 9.09 Å². The third kappa shape index (κ3) is 2.64. The summed E-state index contributed by atoms with van der Waals surface area (Å²) in [6.45, 7) is 8.94. The van der Waals surface area contributed by atoms with Crippen LogP contribution in [0.1, 0.15) is 53.7 Å². The maximum absolute atomic E-state index is 12.3. The Balaban J connectivity index is 1.88. The first kappa shape index (κ1) is 14.0. The topological polar surface area (TPSA) is 60.9 Å². The molecule has 5 nitrogen and oxygen atoms in total. The van der Waals surface area contributed by atoms with Crippen molar-refractivity contribution in [2.24, 2.45) is 5.41 Å². The van der Waals surface area contributed by atoms with E-state index in [-0.39, 0.29) is 11.2 Å². The first-order valence-electron chi connectivity index (χ1n) is 7.37. The summed E-state index contributed by atoms with van der Waals surface area (Å²) in [5, 5.41) is 3.93. The van der Waals surface area contributed by atoms with Gasteiger partial charge in [0.05, 0.1) is 0 Å². The number of ketones is 1. The number of hydrogen-bond donors (Lipinski definition) is 0. The first-order valence-corrected chi connectivity index (χ1v) is 7.37. The number of Topliss-reactive ketones (excluding diaryl/α,β-unsaturated/α-hetero) is 1. The zero-order valence-corrected chi connectivity index (χ0v) is 13.1. The normalized spacial score (nSPS) is 17.0. The number of carbonyl (C=O) groups excluding carboxylic acids is 1. The molecule has 0 atom stereocenters. The van der Waals surface area contributed by atoms with Crippen molar-refractivity contribution in [2.75, 3.05) is 0 Å². The van der Waals surface area contributed by atoms with Gasteiger partial charge in [0, 0.05) is 43.3 Å². The summed E-state index contributed by atoms with van der Waals surface area (Å²) in [6.07, 6.45) is 2.29. The molecular formula is C16H21N3O2. The summed E-state index contributed by atoms with van der Waals surface area (Å²) in [5.41, 5.74) is 3.23. The number of hydrogen-bond acceptors (Lipinski definition) is 4. The predicted molar refractivity (Wildman–Crippen MR) is 78.3 cm³/mol. The number of fused-ring (bicyclic) bond motifs is 1. The first-order chi connectivity index (χ1) is 9.85. The molecule has 0 N–H and O–H groups in total. The minimum Gasteiger partial charge on any atom is -0.348 e.